The van der Waals surface area contributed by atoms with Crippen LogP contribution in [0, 0.1) is 5.92 Å². The molecule has 0 fully saturated rings. The minimum atomic E-state index is -3.80. The van der Waals surface area contributed by atoms with Gasteiger partial charge in [0.25, 0.3) is 0 Å². The fourth-order valence-corrected chi connectivity index (χ4v) is 4.42. The molecule has 0 aromatic heterocycles. The van der Waals surface area contributed by atoms with E-state index in [9.17, 15) is 18.0 Å². The standard InChI is InChI=1S/C24H32ClN3O4S/c1-18(2)16-26-24(30)19(3)27(15-14-20-10-6-5-7-11-20)23(29)17-28(33(4,31)32)22-13-9-8-12-21(22)25/h5-13,18-19H,14-17H2,1-4H3,(H,26,30). The number of benzene rings is 2. The Labute approximate surface area is 201 Å². The summed E-state index contributed by atoms with van der Waals surface area (Å²) < 4.78 is 26.0. The summed E-state index contributed by atoms with van der Waals surface area (Å²) in [5.41, 5.74) is 1.23. The van der Waals surface area contributed by atoms with E-state index < -0.39 is 28.5 Å². The highest BCUT2D eigenvalue weighted by atomic mass is 35.5. The van der Waals surface area contributed by atoms with E-state index in [0.717, 1.165) is 16.1 Å². The summed E-state index contributed by atoms with van der Waals surface area (Å²) >= 11 is 6.22. The van der Waals surface area contributed by atoms with Gasteiger partial charge in [0.2, 0.25) is 21.8 Å². The quantitative estimate of drug-likeness (QED) is 0.520. The molecule has 2 amide bonds. The number of hydrogen-bond donors (Lipinski definition) is 1. The number of halogens is 1. The summed E-state index contributed by atoms with van der Waals surface area (Å²) in [5.74, 6) is -0.507. The predicted octanol–water partition coefficient (Wildman–Crippen LogP) is 3.34. The van der Waals surface area contributed by atoms with Crippen LogP contribution >= 0.6 is 11.6 Å². The lowest BCUT2D eigenvalue weighted by Crippen LogP contribution is -2.52. The summed E-state index contributed by atoms with van der Waals surface area (Å²) in [6.45, 7) is 5.91. The number of anilines is 1. The number of sulfonamides is 1. The third-order valence-electron chi connectivity index (χ3n) is 5.14. The summed E-state index contributed by atoms with van der Waals surface area (Å²) in [7, 11) is -3.80. The number of amides is 2. The zero-order valence-electron chi connectivity index (χ0n) is 19.5. The van der Waals surface area contributed by atoms with Crippen molar-refractivity contribution in [2.24, 2.45) is 5.92 Å². The van der Waals surface area contributed by atoms with Gasteiger partial charge in [-0.25, -0.2) is 8.42 Å². The number of hydrogen-bond acceptors (Lipinski definition) is 4. The van der Waals surface area contributed by atoms with Crippen molar-refractivity contribution >= 4 is 39.1 Å². The normalized spacial score (nSPS) is 12.3. The van der Waals surface area contributed by atoms with E-state index >= 15 is 0 Å². The zero-order chi connectivity index (χ0) is 24.6. The highest BCUT2D eigenvalue weighted by molar-refractivity contribution is 7.92. The van der Waals surface area contributed by atoms with Crippen molar-refractivity contribution in [1.82, 2.24) is 10.2 Å². The molecule has 180 valence electrons. The largest absolute Gasteiger partial charge is 0.354 e. The number of carbonyl (C=O) groups is 2. The van der Waals surface area contributed by atoms with E-state index in [1.54, 1.807) is 31.2 Å². The molecular formula is C24H32ClN3O4S. The van der Waals surface area contributed by atoms with Crippen LogP contribution in [0.3, 0.4) is 0 Å². The van der Waals surface area contributed by atoms with Crippen LogP contribution in [0.5, 0.6) is 0 Å². The number of rotatable bonds is 11. The van der Waals surface area contributed by atoms with E-state index in [4.69, 9.17) is 11.6 Å². The lowest BCUT2D eigenvalue weighted by Gasteiger charge is -2.31. The van der Waals surface area contributed by atoms with Crippen LogP contribution < -0.4 is 9.62 Å². The van der Waals surface area contributed by atoms with Gasteiger partial charge in [0.15, 0.2) is 0 Å². The SMILES string of the molecule is CC(C)CNC(=O)C(C)N(CCc1ccccc1)C(=O)CN(c1ccccc1Cl)S(C)(=O)=O. The average Bonchev–Trinajstić information content (AvgIpc) is 2.76. The molecule has 1 unspecified atom stereocenters. The fraction of sp³-hybridized carbons (Fsp3) is 0.417. The number of carbonyl (C=O) groups excluding carboxylic acids is 2. The third-order valence-corrected chi connectivity index (χ3v) is 6.58. The Kier molecular flexibility index (Phi) is 9.73. The second-order valence-corrected chi connectivity index (χ2v) is 10.7. The molecule has 1 atom stereocenters. The topological polar surface area (TPSA) is 86.8 Å². The molecule has 7 nitrogen and oxygen atoms in total. The lowest BCUT2D eigenvalue weighted by molar-refractivity contribution is -0.138. The molecule has 2 aromatic carbocycles. The van der Waals surface area contributed by atoms with Crippen LogP contribution in [0.15, 0.2) is 54.6 Å². The molecule has 2 rings (SSSR count). The Balaban J connectivity index is 2.29. The smallest absolute Gasteiger partial charge is 0.244 e. The Morgan fingerprint density at radius 1 is 1.00 bits per heavy atom. The molecule has 33 heavy (non-hydrogen) atoms. The molecule has 0 aliphatic rings. The molecule has 0 aliphatic carbocycles. The van der Waals surface area contributed by atoms with Crippen LogP contribution in [-0.2, 0) is 26.0 Å². The van der Waals surface area contributed by atoms with Crippen LogP contribution in [0.2, 0.25) is 5.02 Å². The fourth-order valence-electron chi connectivity index (χ4n) is 3.27. The van der Waals surface area contributed by atoms with Gasteiger partial charge in [-0.3, -0.25) is 13.9 Å². The van der Waals surface area contributed by atoms with Gasteiger partial charge >= 0.3 is 0 Å². The van der Waals surface area contributed by atoms with Crippen molar-refractivity contribution in [3.8, 4) is 0 Å². The van der Waals surface area contributed by atoms with Crippen LogP contribution in [0.4, 0.5) is 5.69 Å². The number of nitrogens with zero attached hydrogens (tertiary/aromatic N) is 2. The second-order valence-electron chi connectivity index (χ2n) is 8.36. The van der Waals surface area contributed by atoms with Gasteiger partial charge in [0, 0.05) is 13.1 Å². The Hall–Kier alpha value is -2.58. The highest BCUT2D eigenvalue weighted by Gasteiger charge is 2.30. The summed E-state index contributed by atoms with van der Waals surface area (Å²) in [6.07, 6.45) is 1.55. The molecule has 0 bridgehead atoms. The van der Waals surface area contributed by atoms with Crippen LogP contribution in [-0.4, -0.2) is 57.1 Å². The Morgan fingerprint density at radius 3 is 2.18 bits per heavy atom. The van der Waals surface area contributed by atoms with E-state index in [2.05, 4.69) is 5.32 Å². The molecule has 0 saturated heterocycles. The molecule has 0 aliphatic heterocycles. The van der Waals surface area contributed by atoms with Crippen molar-refractivity contribution < 1.29 is 18.0 Å². The summed E-state index contributed by atoms with van der Waals surface area (Å²) in [5, 5.41) is 3.07. The molecule has 0 heterocycles. The van der Waals surface area contributed by atoms with Crippen molar-refractivity contribution in [2.45, 2.75) is 33.2 Å². The molecule has 0 spiro atoms. The van der Waals surface area contributed by atoms with Gasteiger partial charge in [0.1, 0.15) is 12.6 Å². The molecule has 9 heteroatoms. The van der Waals surface area contributed by atoms with Gasteiger partial charge in [-0.1, -0.05) is 67.9 Å². The van der Waals surface area contributed by atoms with Crippen molar-refractivity contribution in [3.63, 3.8) is 0 Å². The van der Waals surface area contributed by atoms with Gasteiger partial charge in [-0.15, -0.1) is 0 Å². The van der Waals surface area contributed by atoms with Crippen molar-refractivity contribution in [2.75, 3.05) is 30.2 Å². The molecule has 2 aromatic rings. The highest BCUT2D eigenvalue weighted by Crippen LogP contribution is 2.27. The van der Waals surface area contributed by atoms with Crippen molar-refractivity contribution in [1.29, 1.82) is 0 Å². The van der Waals surface area contributed by atoms with E-state index in [1.807, 2.05) is 44.2 Å². The Morgan fingerprint density at radius 2 is 1.61 bits per heavy atom. The first-order valence-electron chi connectivity index (χ1n) is 10.8. The van der Waals surface area contributed by atoms with Crippen molar-refractivity contribution in [3.05, 3.63) is 65.2 Å². The summed E-state index contributed by atoms with van der Waals surface area (Å²) in [6, 6.07) is 15.3. The maximum atomic E-state index is 13.4. The molecular weight excluding hydrogens is 462 g/mol. The maximum absolute atomic E-state index is 13.4. The van der Waals surface area contributed by atoms with Gasteiger partial charge < -0.3 is 10.2 Å². The Bertz CT molecular complexity index is 1040. The molecule has 1 N–H and O–H groups in total. The van der Waals surface area contributed by atoms with Crippen LogP contribution in [0.1, 0.15) is 26.3 Å². The minimum absolute atomic E-state index is 0.217. The number of para-hydroxylation sites is 1. The zero-order valence-corrected chi connectivity index (χ0v) is 21.1. The molecule has 0 radical (unpaired) electrons. The maximum Gasteiger partial charge on any atom is 0.244 e. The predicted molar refractivity (Wildman–Crippen MR) is 133 cm³/mol. The summed E-state index contributed by atoms with van der Waals surface area (Å²) in [4.78, 5) is 27.6. The first-order chi connectivity index (χ1) is 15.5. The van der Waals surface area contributed by atoms with Gasteiger partial charge in [-0.05, 0) is 37.0 Å². The van der Waals surface area contributed by atoms with Gasteiger partial charge in [-0.2, -0.15) is 0 Å². The second kappa shape index (κ2) is 12.0. The lowest BCUT2D eigenvalue weighted by atomic mass is 10.1. The third kappa shape index (κ3) is 8.05. The van der Waals surface area contributed by atoms with E-state index in [1.165, 1.54) is 4.90 Å². The monoisotopic (exact) mass is 493 g/mol. The van der Waals surface area contributed by atoms with Crippen LogP contribution in [0.25, 0.3) is 0 Å². The average molecular weight is 494 g/mol. The van der Waals surface area contributed by atoms with E-state index in [-0.39, 0.29) is 29.1 Å². The number of nitrogens with one attached hydrogen (secondary N) is 1. The first kappa shape index (κ1) is 26.7. The molecule has 0 saturated carbocycles. The van der Waals surface area contributed by atoms with E-state index in [0.29, 0.717) is 13.0 Å². The first-order valence-corrected chi connectivity index (χ1v) is 13.1. The van der Waals surface area contributed by atoms with Gasteiger partial charge in [0.05, 0.1) is 17.0 Å². The minimum Gasteiger partial charge on any atom is -0.354 e.